The fourth-order valence-corrected chi connectivity index (χ4v) is 1.27. The van der Waals surface area contributed by atoms with Gasteiger partial charge in [0.1, 0.15) is 13.2 Å². The number of alkyl halides is 5. The monoisotopic (exact) mass is 262 g/mol. The molecule has 1 atom stereocenters. The van der Waals surface area contributed by atoms with Gasteiger partial charge in [0, 0.05) is 12.5 Å². The van der Waals surface area contributed by atoms with Gasteiger partial charge in [0.2, 0.25) is 0 Å². The van der Waals surface area contributed by atoms with Crippen LogP contribution < -0.4 is 0 Å². The summed E-state index contributed by atoms with van der Waals surface area (Å²) in [6, 6.07) is 0. The molecule has 0 aliphatic carbocycles. The molecule has 0 radical (unpaired) electrons. The zero-order valence-electron chi connectivity index (χ0n) is 8.73. The van der Waals surface area contributed by atoms with Gasteiger partial charge in [-0.1, -0.05) is 0 Å². The van der Waals surface area contributed by atoms with Crippen molar-refractivity contribution in [1.82, 2.24) is 0 Å². The van der Waals surface area contributed by atoms with Crippen LogP contribution in [0.25, 0.3) is 0 Å². The normalized spacial score (nSPS) is 21.8. The average molecular weight is 262 g/mol. The highest BCUT2D eigenvalue weighted by Crippen LogP contribution is 2.35. The van der Waals surface area contributed by atoms with Crippen LogP contribution in [-0.4, -0.2) is 44.3 Å². The molecule has 17 heavy (non-hydrogen) atoms. The van der Waals surface area contributed by atoms with Crippen LogP contribution in [0.15, 0.2) is 0 Å². The van der Waals surface area contributed by atoms with Crippen molar-refractivity contribution in [2.45, 2.75) is 18.5 Å². The van der Waals surface area contributed by atoms with Crippen molar-refractivity contribution in [3.8, 4) is 0 Å². The maximum atomic E-state index is 12.4. The number of halogens is 5. The maximum Gasteiger partial charge on any atom is 0.455 e. The minimum absolute atomic E-state index is 0.165. The van der Waals surface area contributed by atoms with Crippen molar-refractivity contribution in [2.75, 3.05) is 26.4 Å². The van der Waals surface area contributed by atoms with E-state index in [1.165, 1.54) is 0 Å². The van der Waals surface area contributed by atoms with E-state index in [2.05, 4.69) is 4.74 Å². The van der Waals surface area contributed by atoms with Crippen molar-refractivity contribution in [3.05, 3.63) is 0 Å². The second kappa shape index (κ2) is 5.26. The van der Waals surface area contributed by atoms with E-state index in [0.717, 1.165) is 0 Å². The summed E-state index contributed by atoms with van der Waals surface area (Å²) in [6.45, 7) is -2.04. The summed E-state index contributed by atoms with van der Waals surface area (Å²) >= 11 is 0. The van der Waals surface area contributed by atoms with Gasteiger partial charge in [-0.2, -0.15) is 22.0 Å². The third-order valence-corrected chi connectivity index (χ3v) is 2.33. The van der Waals surface area contributed by atoms with E-state index in [1.807, 2.05) is 0 Å². The molecule has 3 nitrogen and oxygen atoms in total. The van der Waals surface area contributed by atoms with Crippen LogP contribution in [0.5, 0.6) is 0 Å². The van der Waals surface area contributed by atoms with Gasteiger partial charge in [-0.05, 0) is 6.42 Å². The molecule has 1 aliphatic heterocycles. The predicted octanol–water partition coefficient (Wildman–Crippen LogP) is 1.81. The molecule has 0 aromatic carbocycles. The standard InChI is InChI=1S/C9H11F5O3/c10-8(11,9(12,13)14)5-17-4-7(15)6-1-2-16-3-6/h6H,1-5H2. The molecule has 100 valence electrons. The predicted molar refractivity (Wildman–Crippen MR) is 45.8 cm³/mol. The molecule has 8 heteroatoms. The van der Waals surface area contributed by atoms with Gasteiger partial charge in [0.15, 0.2) is 5.78 Å². The molecule has 0 aromatic rings. The smallest absolute Gasteiger partial charge is 0.381 e. The minimum Gasteiger partial charge on any atom is -0.381 e. The highest BCUT2D eigenvalue weighted by molar-refractivity contribution is 5.82. The molecule has 1 saturated heterocycles. The van der Waals surface area contributed by atoms with Gasteiger partial charge < -0.3 is 9.47 Å². The number of carbonyl (C=O) groups excluding carboxylic acids is 1. The molecular weight excluding hydrogens is 251 g/mol. The quantitative estimate of drug-likeness (QED) is 0.709. The van der Waals surface area contributed by atoms with Crippen LogP contribution in [0.3, 0.4) is 0 Å². The minimum atomic E-state index is -5.66. The van der Waals surface area contributed by atoms with Crippen LogP contribution in [0.4, 0.5) is 22.0 Å². The lowest BCUT2D eigenvalue weighted by Crippen LogP contribution is -2.41. The van der Waals surface area contributed by atoms with Gasteiger partial charge in [0.05, 0.1) is 6.61 Å². The molecule has 0 amide bonds. The highest BCUT2D eigenvalue weighted by atomic mass is 19.4. The summed E-state index contributed by atoms with van der Waals surface area (Å²) in [5.41, 5.74) is 0. The van der Waals surface area contributed by atoms with Gasteiger partial charge in [0.25, 0.3) is 0 Å². The fraction of sp³-hybridized carbons (Fsp3) is 0.889. The lowest BCUT2D eigenvalue weighted by Gasteiger charge is -2.19. The molecule has 1 rings (SSSR count). The Kier molecular flexibility index (Phi) is 4.42. The summed E-state index contributed by atoms with van der Waals surface area (Å²) in [7, 11) is 0. The summed E-state index contributed by atoms with van der Waals surface area (Å²) in [6.07, 6.45) is -5.22. The molecule has 1 aliphatic rings. The fourth-order valence-electron chi connectivity index (χ4n) is 1.27. The number of rotatable bonds is 5. The largest absolute Gasteiger partial charge is 0.455 e. The molecule has 0 spiro atoms. The topological polar surface area (TPSA) is 35.5 Å². The third kappa shape index (κ3) is 3.88. The number of ketones is 1. The molecule has 1 fully saturated rings. The Bertz CT molecular complexity index is 270. The molecule has 1 unspecified atom stereocenters. The Morgan fingerprint density at radius 2 is 1.94 bits per heavy atom. The summed E-state index contributed by atoms with van der Waals surface area (Å²) < 4.78 is 68.9. The number of carbonyl (C=O) groups is 1. The van der Waals surface area contributed by atoms with E-state index in [1.54, 1.807) is 0 Å². The second-order valence-electron chi connectivity index (χ2n) is 3.72. The van der Waals surface area contributed by atoms with Crippen molar-refractivity contribution in [2.24, 2.45) is 5.92 Å². The lowest BCUT2D eigenvalue weighted by atomic mass is 10.0. The average Bonchev–Trinajstić information content (AvgIpc) is 2.67. The van der Waals surface area contributed by atoms with Crippen LogP contribution in [-0.2, 0) is 14.3 Å². The van der Waals surface area contributed by atoms with Gasteiger partial charge in [-0.25, -0.2) is 0 Å². The maximum absolute atomic E-state index is 12.4. The molecule has 0 saturated carbocycles. The van der Waals surface area contributed by atoms with E-state index in [4.69, 9.17) is 4.74 Å². The Morgan fingerprint density at radius 1 is 1.29 bits per heavy atom. The Labute approximate surface area is 93.9 Å². The third-order valence-electron chi connectivity index (χ3n) is 2.33. The highest BCUT2D eigenvalue weighted by Gasteiger charge is 2.57. The first kappa shape index (κ1) is 14.3. The van der Waals surface area contributed by atoms with Gasteiger partial charge in [-0.15, -0.1) is 0 Å². The molecule has 1 heterocycles. The Morgan fingerprint density at radius 3 is 2.41 bits per heavy atom. The van der Waals surface area contributed by atoms with Crippen molar-refractivity contribution < 1.29 is 36.2 Å². The summed E-state index contributed by atoms with van der Waals surface area (Å²) in [5.74, 6) is -5.91. The first-order chi connectivity index (χ1) is 7.74. The zero-order chi connectivity index (χ0) is 13.1. The first-order valence-electron chi connectivity index (χ1n) is 4.87. The van der Waals surface area contributed by atoms with Gasteiger partial charge >= 0.3 is 12.1 Å². The SMILES string of the molecule is O=C(COCC(F)(F)C(F)(F)F)C1CCOC1. The van der Waals surface area contributed by atoms with Crippen molar-refractivity contribution >= 4 is 5.78 Å². The number of hydrogen-bond acceptors (Lipinski definition) is 3. The second-order valence-corrected chi connectivity index (χ2v) is 3.72. The van der Waals surface area contributed by atoms with Crippen LogP contribution in [0.1, 0.15) is 6.42 Å². The van der Waals surface area contributed by atoms with E-state index < -0.39 is 37.0 Å². The van der Waals surface area contributed by atoms with Crippen molar-refractivity contribution in [1.29, 1.82) is 0 Å². The Hall–Kier alpha value is -0.760. The van der Waals surface area contributed by atoms with E-state index >= 15 is 0 Å². The summed E-state index contributed by atoms with van der Waals surface area (Å²) in [4.78, 5) is 11.2. The van der Waals surface area contributed by atoms with Crippen LogP contribution in [0.2, 0.25) is 0 Å². The molecule has 0 bridgehead atoms. The number of ether oxygens (including phenoxy) is 2. The molecule has 0 aromatic heterocycles. The van der Waals surface area contributed by atoms with Crippen LogP contribution >= 0.6 is 0 Å². The number of Topliss-reactive ketones (excluding diaryl/α,β-unsaturated/α-hetero) is 1. The summed E-state index contributed by atoms with van der Waals surface area (Å²) in [5, 5.41) is 0. The first-order valence-corrected chi connectivity index (χ1v) is 4.87. The van der Waals surface area contributed by atoms with Gasteiger partial charge in [-0.3, -0.25) is 4.79 Å². The molecule has 0 N–H and O–H groups in total. The van der Waals surface area contributed by atoms with Crippen molar-refractivity contribution in [3.63, 3.8) is 0 Å². The lowest BCUT2D eigenvalue weighted by molar-refractivity contribution is -0.296. The van der Waals surface area contributed by atoms with E-state index in [-0.39, 0.29) is 6.61 Å². The van der Waals surface area contributed by atoms with Crippen LogP contribution in [0, 0.1) is 5.92 Å². The molecular formula is C9H11F5O3. The zero-order valence-corrected chi connectivity index (χ0v) is 8.73. The number of hydrogen-bond donors (Lipinski definition) is 0. The van der Waals surface area contributed by atoms with E-state index in [0.29, 0.717) is 13.0 Å². The van der Waals surface area contributed by atoms with E-state index in [9.17, 15) is 26.7 Å². The Balaban J connectivity index is 2.30.